The topological polar surface area (TPSA) is 51.0 Å². The molecule has 0 aliphatic carbocycles. The number of nitrogens with one attached hydrogen (secondary N) is 1. The summed E-state index contributed by atoms with van der Waals surface area (Å²) in [5, 5.41) is 0.726. The van der Waals surface area contributed by atoms with E-state index in [0.29, 0.717) is 40.4 Å². The number of benzene rings is 1. The van der Waals surface area contributed by atoms with Crippen LogP contribution in [-0.2, 0) is 9.53 Å². The maximum atomic E-state index is 12.5. The molecule has 0 radical (unpaired) electrons. The molecule has 2 amide bonds. The lowest BCUT2D eigenvalue weighted by Crippen LogP contribution is -3.15. The molecule has 3 rings (SSSR count). The first-order chi connectivity index (χ1) is 11.0. The molecule has 2 aliphatic rings. The Balaban J connectivity index is 1.76. The molecule has 0 unspecified atom stereocenters. The Labute approximate surface area is 148 Å². The summed E-state index contributed by atoms with van der Waals surface area (Å²) in [4.78, 5) is 27.4. The van der Waals surface area contributed by atoms with E-state index >= 15 is 0 Å². The molecule has 2 heterocycles. The third-order valence-electron chi connectivity index (χ3n) is 3.70. The first-order valence-corrected chi connectivity index (χ1v) is 8.73. The summed E-state index contributed by atoms with van der Waals surface area (Å²) in [5.41, 5.74) is 0.667. The molecule has 8 heteroatoms. The van der Waals surface area contributed by atoms with Crippen LogP contribution in [0.2, 0.25) is 10.0 Å². The van der Waals surface area contributed by atoms with Crippen LogP contribution in [0.15, 0.2) is 23.1 Å². The summed E-state index contributed by atoms with van der Waals surface area (Å²) in [6, 6.07) is 5.03. The number of quaternary nitrogens is 1. The van der Waals surface area contributed by atoms with E-state index in [1.165, 1.54) is 9.80 Å². The van der Waals surface area contributed by atoms with Gasteiger partial charge in [0.15, 0.2) is 6.67 Å². The van der Waals surface area contributed by atoms with Crippen LogP contribution in [0.5, 0.6) is 0 Å². The van der Waals surface area contributed by atoms with E-state index in [-0.39, 0.29) is 11.1 Å². The van der Waals surface area contributed by atoms with Gasteiger partial charge in [-0.05, 0) is 35.5 Å². The van der Waals surface area contributed by atoms with Crippen molar-refractivity contribution >= 4 is 52.2 Å². The Morgan fingerprint density at radius 2 is 2.00 bits per heavy atom. The van der Waals surface area contributed by atoms with Crippen LogP contribution < -0.4 is 4.90 Å². The van der Waals surface area contributed by atoms with Gasteiger partial charge in [0.2, 0.25) is 0 Å². The maximum Gasteiger partial charge on any atom is 0.298 e. The summed E-state index contributed by atoms with van der Waals surface area (Å²) in [7, 11) is 0. The normalized spacial score (nSPS) is 21.5. The molecular weight excluding hydrogens is 359 g/mol. The van der Waals surface area contributed by atoms with Crippen molar-refractivity contribution in [2.45, 2.75) is 0 Å². The van der Waals surface area contributed by atoms with Crippen LogP contribution in [0.1, 0.15) is 5.56 Å². The van der Waals surface area contributed by atoms with E-state index in [2.05, 4.69) is 0 Å². The van der Waals surface area contributed by atoms with E-state index in [4.69, 9.17) is 27.9 Å². The summed E-state index contributed by atoms with van der Waals surface area (Å²) in [5.74, 6) is -0.273. The molecule has 0 bridgehead atoms. The number of morpholine rings is 1. The summed E-state index contributed by atoms with van der Waals surface area (Å²) in [6.07, 6.45) is 1.64. The predicted octanol–water partition coefficient (Wildman–Crippen LogP) is 1.90. The van der Waals surface area contributed by atoms with Crippen molar-refractivity contribution in [3.05, 3.63) is 38.7 Å². The van der Waals surface area contributed by atoms with Gasteiger partial charge in [-0.2, -0.15) is 0 Å². The van der Waals surface area contributed by atoms with E-state index in [9.17, 15) is 9.59 Å². The molecule has 2 fully saturated rings. The molecule has 1 aromatic carbocycles. The second-order valence-corrected chi connectivity index (χ2v) is 7.13. The highest BCUT2D eigenvalue weighted by Crippen LogP contribution is 2.33. The van der Waals surface area contributed by atoms with E-state index < -0.39 is 0 Å². The van der Waals surface area contributed by atoms with Gasteiger partial charge >= 0.3 is 0 Å². The number of carbonyl (C=O) groups is 2. The van der Waals surface area contributed by atoms with Gasteiger partial charge in [-0.25, -0.2) is 4.90 Å². The first-order valence-electron chi connectivity index (χ1n) is 7.16. The Morgan fingerprint density at radius 1 is 1.26 bits per heavy atom. The van der Waals surface area contributed by atoms with Gasteiger partial charge < -0.3 is 9.64 Å². The number of ether oxygens (including phenoxy) is 1. The third kappa shape index (κ3) is 3.89. The second-order valence-electron chi connectivity index (χ2n) is 5.30. The molecule has 0 aromatic heterocycles. The van der Waals surface area contributed by atoms with Crippen LogP contribution in [0, 0.1) is 0 Å². The van der Waals surface area contributed by atoms with Crippen LogP contribution >= 0.6 is 35.0 Å². The number of imide groups is 1. The summed E-state index contributed by atoms with van der Waals surface area (Å²) >= 11 is 12.9. The lowest BCUT2D eigenvalue weighted by Gasteiger charge is -2.26. The zero-order chi connectivity index (χ0) is 16.4. The standard InChI is InChI=1S/C15H14Cl2N2O3S/c16-11-2-1-10(12(17)8-11)7-13-14(20)19(15(21)23-13)9-18-3-5-22-6-4-18/h1-2,7-8H,3-6,9H2/p+1. The number of hydrogen-bond acceptors (Lipinski definition) is 4. The monoisotopic (exact) mass is 373 g/mol. The van der Waals surface area contributed by atoms with Gasteiger partial charge in [0.05, 0.1) is 18.1 Å². The van der Waals surface area contributed by atoms with Gasteiger partial charge in [0.1, 0.15) is 13.1 Å². The van der Waals surface area contributed by atoms with Crippen LogP contribution in [0.25, 0.3) is 6.08 Å². The Morgan fingerprint density at radius 3 is 2.70 bits per heavy atom. The minimum absolute atomic E-state index is 0.245. The number of nitrogens with zero attached hydrogens (tertiary/aromatic N) is 1. The van der Waals surface area contributed by atoms with Crippen LogP contribution in [-0.4, -0.2) is 49.0 Å². The minimum atomic E-state index is -0.273. The van der Waals surface area contributed by atoms with E-state index in [0.717, 1.165) is 24.9 Å². The molecule has 122 valence electrons. The van der Waals surface area contributed by atoms with E-state index in [1.807, 2.05) is 0 Å². The highest BCUT2D eigenvalue weighted by molar-refractivity contribution is 8.18. The van der Waals surface area contributed by atoms with Crippen molar-refractivity contribution in [1.29, 1.82) is 0 Å². The van der Waals surface area contributed by atoms with Gasteiger partial charge in [0.25, 0.3) is 11.1 Å². The number of hydrogen-bond donors (Lipinski definition) is 1. The van der Waals surface area contributed by atoms with Crippen molar-refractivity contribution in [3.8, 4) is 0 Å². The fourth-order valence-corrected chi connectivity index (χ4v) is 3.73. The fourth-order valence-electron chi connectivity index (χ4n) is 2.44. The van der Waals surface area contributed by atoms with Gasteiger partial charge in [-0.3, -0.25) is 9.59 Å². The zero-order valence-corrected chi connectivity index (χ0v) is 14.5. The molecule has 1 aromatic rings. The average Bonchev–Trinajstić information content (AvgIpc) is 2.79. The summed E-state index contributed by atoms with van der Waals surface area (Å²) in [6.45, 7) is 3.27. The highest BCUT2D eigenvalue weighted by atomic mass is 35.5. The fraction of sp³-hybridized carbons (Fsp3) is 0.333. The first kappa shape index (κ1) is 16.8. The quantitative estimate of drug-likeness (QED) is 0.822. The van der Waals surface area contributed by atoms with Crippen molar-refractivity contribution in [3.63, 3.8) is 0 Å². The van der Waals surface area contributed by atoms with E-state index in [1.54, 1.807) is 24.3 Å². The largest absolute Gasteiger partial charge is 0.370 e. The average molecular weight is 374 g/mol. The van der Waals surface area contributed by atoms with Gasteiger partial charge in [-0.1, -0.05) is 29.3 Å². The molecule has 0 spiro atoms. The summed E-state index contributed by atoms with van der Waals surface area (Å²) < 4.78 is 5.29. The van der Waals surface area contributed by atoms with Crippen molar-refractivity contribution in [2.75, 3.05) is 33.0 Å². The molecule has 5 nitrogen and oxygen atoms in total. The minimum Gasteiger partial charge on any atom is -0.370 e. The predicted molar refractivity (Wildman–Crippen MR) is 90.7 cm³/mol. The van der Waals surface area contributed by atoms with Crippen LogP contribution in [0.3, 0.4) is 0 Å². The SMILES string of the molecule is O=C1SC(=Cc2ccc(Cl)cc2Cl)C(=O)N1C[NH+]1CCOCC1. The van der Waals surface area contributed by atoms with Gasteiger partial charge in [-0.15, -0.1) is 0 Å². The van der Waals surface area contributed by atoms with Gasteiger partial charge in [0, 0.05) is 10.0 Å². The smallest absolute Gasteiger partial charge is 0.298 e. The molecule has 0 atom stereocenters. The number of rotatable bonds is 3. The maximum absolute atomic E-state index is 12.5. The van der Waals surface area contributed by atoms with Crippen molar-refractivity contribution in [2.24, 2.45) is 0 Å². The number of halogens is 2. The Kier molecular flexibility index (Phi) is 5.28. The molecular formula is C15H15Cl2N2O3S+. The molecule has 23 heavy (non-hydrogen) atoms. The zero-order valence-electron chi connectivity index (χ0n) is 12.2. The van der Waals surface area contributed by atoms with Crippen LogP contribution in [0.4, 0.5) is 4.79 Å². The highest BCUT2D eigenvalue weighted by Gasteiger charge is 2.37. The molecule has 2 saturated heterocycles. The molecule has 0 saturated carbocycles. The lowest BCUT2D eigenvalue weighted by molar-refractivity contribution is -0.915. The molecule has 2 aliphatic heterocycles. The lowest BCUT2D eigenvalue weighted by atomic mass is 10.2. The Bertz CT molecular complexity index is 675. The second kappa shape index (κ2) is 7.23. The third-order valence-corrected chi connectivity index (χ3v) is 5.17. The Hall–Kier alpha value is -1.05. The van der Waals surface area contributed by atoms with Crippen molar-refractivity contribution in [1.82, 2.24) is 4.90 Å². The number of thioether (sulfide) groups is 1. The number of amides is 2. The molecule has 1 N–H and O–H groups in total. The van der Waals surface area contributed by atoms with Crippen molar-refractivity contribution < 1.29 is 19.2 Å². The number of carbonyl (C=O) groups excluding carboxylic acids is 2.